The summed E-state index contributed by atoms with van der Waals surface area (Å²) < 4.78 is 41.9. The lowest BCUT2D eigenvalue weighted by atomic mass is 9.96. The average molecular weight is 563 g/mol. The van der Waals surface area contributed by atoms with Gasteiger partial charge in [-0.05, 0) is 73.3 Å². The molecule has 41 heavy (non-hydrogen) atoms. The van der Waals surface area contributed by atoms with Gasteiger partial charge in [0.2, 0.25) is 0 Å². The molecule has 0 spiro atoms. The molecule has 0 bridgehead atoms. The van der Waals surface area contributed by atoms with Crippen LogP contribution in [0.3, 0.4) is 0 Å². The zero-order valence-electron chi connectivity index (χ0n) is 22.8. The first-order valence-electron chi connectivity index (χ1n) is 13.8. The number of anilines is 1. The van der Waals surface area contributed by atoms with E-state index in [1.807, 2.05) is 12.1 Å². The van der Waals surface area contributed by atoms with Crippen LogP contribution in [0.25, 0.3) is 11.0 Å². The van der Waals surface area contributed by atoms with Crippen LogP contribution < -0.4 is 10.1 Å². The minimum absolute atomic E-state index is 0.0298. The van der Waals surface area contributed by atoms with Gasteiger partial charge in [-0.15, -0.1) is 0 Å². The number of hydrogen-bond donors (Lipinski definition) is 2. The van der Waals surface area contributed by atoms with Crippen molar-refractivity contribution in [1.29, 1.82) is 0 Å². The minimum atomic E-state index is -0.965. The molecule has 2 saturated heterocycles. The number of carboxylic acid groups (broad SMARTS) is 1. The topological polar surface area (TPSA) is 88.9 Å². The highest BCUT2D eigenvalue weighted by atomic mass is 19.1. The third-order valence-electron chi connectivity index (χ3n) is 8.03. The number of likely N-dealkylation sites (tertiary alicyclic amines) is 1. The largest absolute Gasteiger partial charge is 0.487 e. The highest BCUT2D eigenvalue weighted by molar-refractivity contribution is 5.92. The van der Waals surface area contributed by atoms with Gasteiger partial charge in [-0.1, -0.05) is 6.07 Å². The van der Waals surface area contributed by atoms with E-state index in [-0.39, 0.29) is 35.8 Å². The molecule has 0 unspecified atom stereocenters. The van der Waals surface area contributed by atoms with Crippen molar-refractivity contribution in [3.63, 3.8) is 0 Å². The van der Waals surface area contributed by atoms with Crippen LogP contribution in [-0.2, 0) is 24.4 Å². The Morgan fingerprint density at radius 2 is 2.00 bits per heavy atom. The molecule has 2 aliphatic rings. The van der Waals surface area contributed by atoms with Crippen molar-refractivity contribution in [3.8, 4) is 5.75 Å². The molecule has 0 amide bonds. The van der Waals surface area contributed by atoms with Crippen molar-refractivity contribution in [2.45, 2.75) is 44.6 Å². The van der Waals surface area contributed by atoms with E-state index in [1.165, 1.54) is 24.3 Å². The van der Waals surface area contributed by atoms with Crippen molar-refractivity contribution in [3.05, 3.63) is 88.7 Å². The number of rotatable bonds is 10. The van der Waals surface area contributed by atoms with Crippen molar-refractivity contribution in [1.82, 2.24) is 14.5 Å². The van der Waals surface area contributed by atoms with Gasteiger partial charge in [0, 0.05) is 31.8 Å². The Kier molecular flexibility index (Phi) is 7.59. The van der Waals surface area contributed by atoms with Gasteiger partial charge in [-0.3, -0.25) is 4.90 Å². The zero-order valence-corrected chi connectivity index (χ0v) is 22.8. The smallest absolute Gasteiger partial charge is 0.335 e. The summed E-state index contributed by atoms with van der Waals surface area (Å²) in [6.45, 7) is 3.68. The number of ether oxygens (including phenoxy) is 2. The van der Waals surface area contributed by atoms with Crippen LogP contribution in [0.15, 0.2) is 54.6 Å². The van der Waals surface area contributed by atoms with Gasteiger partial charge in [0.05, 0.1) is 41.5 Å². The van der Waals surface area contributed by atoms with E-state index in [9.17, 15) is 18.7 Å². The highest BCUT2D eigenvalue weighted by Gasteiger charge is 2.28. The van der Waals surface area contributed by atoms with E-state index in [0.717, 1.165) is 55.0 Å². The molecule has 6 rings (SSSR count). The number of hydrogen-bond acceptors (Lipinski definition) is 6. The van der Waals surface area contributed by atoms with Gasteiger partial charge < -0.3 is 24.5 Å². The summed E-state index contributed by atoms with van der Waals surface area (Å²) >= 11 is 0. The molecule has 214 valence electrons. The molecule has 3 aromatic carbocycles. The number of carbonyl (C=O) groups is 1. The number of aromatic carboxylic acids is 1. The monoisotopic (exact) mass is 562 g/mol. The van der Waals surface area contributed by atoms with Crippen LogP contribution in [0.1, 0.15) is 46.1 Å². The second kappa shape index (κ2) is 11.5. The lowest BCUT2D eigenvalue weighted by Gasteiger charge is -2.28. The maximum absolute atomic E-state index is 14.7. The molecule has 0 radical (unpaired) electrons. The minimum Gasteiger partial charge on any atom is -0.487 e. The molecule has 1 aromatic heterocycles. The first kappa shape index (κ1) is 27.2. The van der Waals surface area contributed by atoms with Gasteiger partial charge in [0.15, 0.2) is 0 Å². The van der Waals surface area contributed by atoms with Crippen LogP contribution in [0.5, 0.6) is 5.75 Å². The fraction of sp³-hybridized carbons (Fsp3) is 0.355. The number of fused-ring (bicyclic) bond motifs is 1. The van der Waals surface area contributed by atoms with Gasteiger partial charge in [-0.2, -0.15) is 0 Å². The lowest BCUT2D eigenvalue weighted by Crippen LogP contribution is -2.32. The van der Waals surface area contributed by atoms with E-state index >= 15 is 0 Å². The fourth-order valence-corrected chi connectivity index (χ4v) is 5.65. The van der Waals surface area contributed by atoms with Gasteiger partial charge >= 0.3 is 5.97 Å². The Bertz CT molecular complexity index is 1590. The molecule has 10 heteroatoms. The number of carboxylic acids is 1. The molecule has 2 fully saturated rings. The normalized spacial score (nSPS) is 18.9. The summed E-state index contributed by atoms with van der Waals surface area (Å²) in [7, 11) is 1.68. The molecule has 2 aliphatic heterocycles. The van der Waals surface area contributed by atoms with Crippen LogP contribution in [-0.4, -0.2) is 58.4 Å². The number of halogens is 2. The van der Waals surface area contributed by atoms with Gasteiger partial charge in [0.25, 0.3) is 0 Å². The van der Waals surface area contributed by atoms with Crippen molar-refractivity contribution in [2.75, 3.05) is 32.1 Å². The molecular weight excluding hydrogens is 530 g/mol. The van der Waals surface area contributed by atoms with Crippen LogP contribution in [0.2, 0.25) is 0 Å². The number of aromatic nitrogens is 2. The molecule has 0 aliphatic carbocycles. The fourth-order valence-electron chi connectivity index (χ4n) is 5.65. The summed E-state index contributed by atoms with van der Waals surface area (Å²) in [5.41, 5.74) is 3.80. The van der Waals surface area contributed by atoms with E-state index in [2.05, 4.69) is 14.8 Å². The summed E-state index contributed by atoms with van der Waals surface area (Å²) in [5, 5.41) is 12.4. The van der Waals surface area contributed by atoms with Gasteiger partial charge in [-0.25, -0.2) is 18.6 Å². The Morgan fingerprint density at radius 1 is 1.15 bits per heavy atom. The van der Waals surface area contributed by atoms with Crippen LogP contribution in [0.4, 0.5) is 14.5 Å². The third-order valence-corrected chi connectivity index (χ3v) is 8.03. The molecular formula is C31H32F2N4O4. The Labute approximate surface area is 236 Å². The average Bonchev–Trinajstić information content (AvgIpc) is 3.54. The van der Waals surface area contributed by atoms with E-state index in [0.29, 0.717) is 30.1 Å². The first-order valence-corrected chi connectivity index (χ1v) is 13.8. The second-order valence-electron chi connectivity index (χ2n) is 10.7. The van der Waals surface area contributed by atoms with Crippen LogP contribution >= 0.6 is 0 Å². The van der Waals surface area contributed by atoms with Crippen molar-refractivity contribution >= 4 is 22.7 Å². The zero-order chi connectivity index (χ0) is 28.5. The van der Waals surface area contributed by atoms with Crippen LogP contribution in [0, 0.1) is 11.6 Å². The number of benzene rings is 3. The van der Waals surface area contributed by atoms with E-state index < -0.39 is 5.97 Å². The molecule has 4 aromatic rings. The summed E-state index contributed by atoms with van der Waals surface area (Å²) in [6, 6.07) is 14.4. The standard InChI is InChI=1S/C31H32F2N4O4/c1-34-27-14-23(32)4-7-29(27)41-18-22-12-19(2-5-25(22)33)21-8-10-36(15-21)17-30-35-26-6-3-20(31(38)39)13-28(26)37(30)16-24-9-11-40-24/h2-7,12-14,21,24,34H,8-11,15-18H2,1H3,(H,38,39)/t21-,24+/m1/s1. The summed E-state index contributed by atoms with van der Waals surface area (Å²) in [6.07, 6.45) is 1.99. The second-order valence-corrected chi connectivity index (χ2v) is 10.7. The molecule has 2 atom stereocenters. The third kappa shape index (κ3) is 5.75. The van der Waals surface area contributed by atoms with Crippen molar-refractivity contribution in [2.24, 2.45) is 0 Å². The Hall–Kier alpha value is -4.02. The SMILES string of the molecule is CNc1cc(F)ccc1OCc1cc([C@@H]2CCN(Cc3nc4ccc(C(=O)O)cc4n3C[C@@H]3CCO3)C2)ccc1F. The quantitative estimate of drug-likeness (QED) is 0.267. The Morgan fingerprint density at radius 3 is 2.76 bits per heavy atom. The predicted octanol–water partition coefficient (Wildman–Crippen LogP) is 5.41. The number of imidazole rings is 1. The molecule has 8 nitrogen and oxygen atoms in total. The van der Waals surface area contributed by atoms with Crippen molar-refractivity contribution < 1.29 is 28.2 Å². The highest BCUT2D eigenvalue weighted by Crippen LogP contribution is 2.32. The number of nitrogens with one attached hydrogen (secondary N) is 1. The van der Waals surface area contributed by atoms with E-state index in [1.54, 1.807) is 25.2 Å². The summed E-state index contributed by atoms with van der Waals surface area (Å²) in [4.78, 5) is 18.8. The van der Waals surface area contributed by atoms with Gasteiger partial charge in [0.1, 0.15) is 29.8 Å². The lowest BCUT2D eigenvalue weighted by molar-refractivity contribution is -0.0591. The molecule has 2 N–H and O–H groups in total. The predicted molar refractivity (Wildman–Crippen MR) is 150 cm³/mol. The van der Waals surface area contributed by atoms with E-state index in [4.69, 9.17) is 14.5 Å². The molecule has 3 heterocycles. The molecule has 0 saturated carbocycles. The summed E-state index contributed by atoms with van der Waals surface area (Å²) in [5.74, 6) is -0.128. The first-order chi connectivity index (χ1) is 19.9. The Balaban J connectivity index is 1.17. The maximum Gasteiger partial charge on any atom is 0.335 e. The number of nitrogens with zero attached hydrogens (tertiary/aromatic N) is 3. The maximum atomic E-state index is 14.7.